The average Bonchev–Trinajstić information content (AvgIpc) is 2.49. The first-order valence-corrected chi connectivity index (χ1v) is 6.38. The van der Waals surface area contributed by atoms with Crippen molar-refractivity contribution in [1.29, 1.82) is 0 Å². The molecule has 1 heterocycles. The zero-order valence-electron chi connectivity index (χ0n) is 12.2. The summed E-state index contributed by atoms with van der Waals surface area (Å²) in [6.45, 7) is 2.03. The highest BCUT2D eigenvalue weighted by Crippen LogP contribution is 2.32. The molecule has 0 saturated carbocycles. The average molecular weight is 273 g/mol. The lowest BCUT2D eigenvalue weighted by Gasteiger charge is -2.20. The normalized spacial score (nSPS) is 12.0. The third kappa shape index (κ3) is 2.72. The molecule has 5 heteroatoms. The quantitative estimate of drug-likeness (QED) is 0.904. The van der Waals surface area contributed by atoms with Gasteiger partial charge >= 0.3 is 0 Å². The van der Waals surface area contributed by atoms with E-state index in [0.717, 1.165) is 22.6 Å². The predicted molar refractivity (Wildman–Crippen MR) is 77.2 cm³/mol. The Labute approximate surface area is 119 Å². The van der Waals surface area contributed by atoms with Crippen LogP contribution in [0, 0.1) is 6.92 Å². The van der Waals surface area contributed by atoms with Gasteiger partial charge in [0.1, 0.15) is 11.4 Å². The molecule has 0 aliphatic carbocycles. The van der Waals surface area contributed by atoms with Crippen LogP contribution >= 0.6 is 0 Å². The van der Waals surface area contributed by atoms with Crippen molar-refractivity contribution in [3.8, 4) is 11.6 Å². The van der Waals surface area contributed by atoms with Crippen LogP contribution in [0.5, 0.6) is 11.6 Å². The predicted octanol–water partition coefficient (Wildman–Crippen LogP) is 2.11. The monoisotopic (exact) mass is 273 g/mol. The van der Waals surface area contributed by atoms with Crippen molar-refractivity contribution in [2.45, 2.75) is 13.0 Å². The van der Waals surface area contributed by atoms with Gasteiger partial charge in [0.25, 0.3) is 0 Å². The second kappa shape index (κ2) is 6.34. The summed E-state index contributed by atoms with van der Waals surface area (Å²) in [7, 11) is 5.13. The van der Waals surface area contributed by atoms with Crippen LogP contribution in [0.2, 0.25) is 0 Å². The molecule has 0 bridgehead atoms. The molecular formula is C15H19N3O2. The van der Waals surface area contributed by atoms with Crippen molar-refractivity contribution in [3.63, 3.8) is 0 Å². The van der Waals surface area contributed by atoms with E-state index < -0.39 is 0 Å². The lowest BCUT2D eigenvalue weighted by molar-refractivity contribution is 0.380. The van der Waals surface area contributed by atoms with Gasteiger partial charge in [0.15, 0.2) is 0 Å². The number of nitrogens with zero attached hydrogens (tertiary/aromatic N) is 2. The van der Waals surface area contributed by atoms with Crippen LogP contribution in [0.3, 0.4) is 0 Å². The van der Waals surface area contributed by atoms with Crippen LogP contribution in [0.15, 0.2) is 30.6 Å². The zero-order valence-corrected chi connectivity index (χ0v) is 12.2. The Morgan fingerprint density at radius 3 is 2.50 bits per heavy atom. The first kappa shape index (κ1) is 14.3. The van der Waals surface area contributed by atoms with E-state index in [-0.39, 0.29) is 6.04 Å². The molecule has 1 aromatic carbocycles. The minimum absolute atomic E-state index is 0.144. The summed E-state index contributed by atoms with van der Waals surface area (Å²) >= 11 is 0. The molecule has 5 nitrogen and oxygen atoms in total. The summed E-state index contributed by atoms with van der Waals surface area (Å²) in [4.78, 5) is 8.59. The number of methoxy groups -OCH3 is 2. The minimum atomic E-state index is -0.144. The van der Waals surface area contributed by atoms with E-state index in [1.807, 2.05) is 32.2 Å². The maximum atomic E-state index is 5.47. The van der Waals surface area contributed by atoms with Gasteiger partial charge in [0.05, 0.1) is 20.3 Å². The molecule has 0 saturated heterocycles. The molecule has 20 heavy (non-hydrogen) atoms. The third-order valence-corrected chi connectivity index (χ3v) is 3.15. The SMILES string of the molecule is CNC(c1ccc(C)cc1OC)c1nccnc1OC. The van der Waals surface area contributed by atoms with E-state index in [0.29, 0.717) is 5.88 Å². The van der Waals surface area contributed by atoms with Gasteiger partial charge in [-0.05, 0) is 25.6 Å². The fourth-order valence-electron chi connectivity index (χ4n) is 2.19. The van der Waals surface area contributed by atoms with E-state index in [2.05, 4.69) is 15.3 Å². The fraction of sp³-hybridized carbons (Fsp3) is 0.333. The molecule has 2 rings (SSSR count). The summed E-state index contributed by atoms with van der Waals surface area (Å²) < 4.78 is 10.8. The molecular weight excluding hydrogens is 254 g/mol. The van der Waals surface area contributed by atoms with Crippen LogP contribution in [0.4, 0.5) is 0 Å². The molecule has 0 aliphatic rings. The van der Waals surface area contributed by atoms with E-state index in [1.165, 1.54) is 0 Å². The van der Waals surface area contributed by atoms with Gasteiger partial charge in [-0.2, -0.15) is 0 Å². The van der Waals surface area contributed by atoms with Crippen LogP contribution in [-0.2, 0) is 0 Å². The molecule has 0 fully saturated rings. The van der Waals surface area contributed by atoms with Crippen LogP contribution in [0.25, 0.3) is 0 Å². The van der Waals surface area contributed by atoms with Crippen molar-refractivity contribution in [1.82, 2.24) is 15.3 Å². The zero-order chi connectivity index (χ0) is 14.5. The lowest BCUT2D eigenvalue weighted by atomic mass is 10.0. The summed E-state index contributed by atoms with van der Waals surface area (Å²) in [6, 6.07) is 5.94. The van der Waals surface area contributed by atoms with E-state index in [1.54, 1.807) is 26.6 Å². The van der Waals surface area contributed by atoms with Crippen molar-refractivity contribution < 1.29 is 9.47 Å². The number of ether oxygens (including phenoxy) is 2. The van der Waals surface area contributed by atoms with Crippen molar-refractivity contribution >= 4 is 0 Å². The number of nitrogens with one attached hydrogen (secondary N) is 1. The number of hydrogen-bond donors (Lipinski definition) is 1. The third-order valence-electron chi connectivity index (χ3n) is 3.15. The first-order valence-electron chi connectivity index (χ1n) is 6.38. The van der Waals surface area contributed by atoms with E-state index >= 15 is 0 Å². The Balaban J connectivity index is 2.52. The molecule has 0 radical (unpaired) electrons. The molecule has 0 aliphatic heterocycles. The van der Waals surface area contributed by atoms with Gasteiger partial charge in [-0.1, -0.05) is 12.1 Å². The maximum absolute atomic E-state index is 5.47. The second-order valence-corrected chi connectivity index (χ2v) is 4.42. The number of rotatable bonds is 5. The molecule has 0 spiro atoms. The summed E-state index contributed by atoms with van der Waals surface area (Å²) in [6.07, 6.45) is 3.27. The highest BCUT2D eigenvalue weighted by Gasteiger charge is 2.22. The fourth-order valence-corrected chi connectivity index (χ4v) is 2.19. The second-order valence-electron chi connectivity index (χ2n) is 4.42. The van der Waals surface area contributed by atoms with Gasteiger partial charge in [-0.15, -0.1) is 0 Å². The topological polar surface area (TPSA) is 56.3 Å². The molecule has 106 valence electrons. The first-order chi connectivity index (χ1) is 9.71. The van der Waals surface area contributed by atoms with Gasteiger partial charge in [-0.3, -0.25) is 4.98 Å². The van der Waals surface area contributed by atoms with Crippen LogP contribution in [-0.4, -0.2) is 31.2 Å². The summed E-state index contributed by atoms with van der Waals surface area (Å²) in [5.74, 6) is 1.33. The standard InChI is InChI=1S/C15H19N3O2/c1-10-5-6-11(12(9-10)19-3)13(16-2)14-15(20-4)18-8-7-17-14/h5-9,13,16H,1-4H3. The Hall–Kier alpha value is -2.14. The van der Waals surface area contributed by atoms with Crippen LogP contribution in [0.1, 0.15) is 22.9 Å². The van der Waals surface area contributed by atoms with Gasteiger partial charge in [0.2, 0.25) is 5.88 Å². The Morgan fingerprint density at radius 1 is 1.10 bits per heavy atom. The van der Waals surface area contributed by atoms with Gasteiger partial charge in [-0.25, -0.2) is 4.98 Å². The van der Waals surface area contributed by atoms with E-state index in [9.17, 15) is 0 Å². The Bertz CT molecular complexity index is 587. The maximum Gasteiger partial charge on any atom is 0.237 e. The smallest absolute Gasteiger partial charge is 0.237 e. The van der Waals surface area contributed by atoms with Crippen molar-refractivity contribution in [2.24, 2.45) is 0 Å². The molecule has 1 N–H and O–H groups in total. The molecule has 1 unspecified atom stereocenters. The summed E-state index contributed by atoms with van der Waals surface area (Å²) in [5, 5.41) is 3.24. The number of benzene rings is 1. The van der Waals surface area contributed by atoms with Crippen molar-refractivity contribution in [3.05, 3.63) is 47.4 Å². The van der Waals surface area contributed by atoms with Gasteiger partial charge in [0, 0.05) is 18.0 Å². The van der Waals surface area contributed by atoms with Crippen molar-refractivity contribution in [2.75, 3.05) is 21.3 Å². The largest absolute Gasteiger partial charge is 0.496 e. The minimum Gasteiger partial charge on any atom is -0.496 e. The van der Waals surface area contributed by atoms with E-state index in [4.69, 9.17) is 9.47 Å². The Kier molecular flexibility index (Phi) is 4.53. The Morgan fingerprint density at radius 2 is 1.85 bits per heavy atom. The number of aromatic nitrogens is 2. The summed E-state index contributed by atoms with van der Waals surface area (Å²) in [5.41, 5.74) is 2.88. The van der Waals surface area contributed by atoms with Crippen LogP contribution < -0.4 is 14.8 Å². The highest BCUT2D eigenvalue weighted by molar-refractivity contribution is 5.44. The number of hydrogen-bond acceptors (Lipinski definition) is 5. The number of aryl methyl sites for hydroxylation is 1. The molecule has 0 amide bonds. The molecule has 1 atom stereocenters. The van der Waals surface area contributed by atoms with Gasteiger partial charge < -0.3 is 14.8 Å². The highest BCUT2D eigenvalue weighted by atomic mass is 16.5. The lowest BCUT2D eigenvalue weighted by Crippen LogP contribution is -2.21. The molecule has 2 aromatic rings. The molecule has 1 aromatic heterocycles.